The summed E-state index contributed by atoms with van der Waals surface area (Å²) >= 11 is 0. The second kappa shape index (κ2) is 3.77. The first-order chi connectivity index (χ1) is 7.86. The third kappa shape index (κ3) is 1.75. The van der Waals surface area contributed by atoms with Gasteiger partial charge in [-0.1, -0.05) is 6.92 Å². The number of hydrogen-bond donors (Lipinski definition) is 2. The van der Waals surface area contributed by atoms with E-state index in [9.17, 15) is 0 Å². The summed E-state index contributed by atoms with van der Waals surface area (Å²) in [4.78, 5) is 0. The Morgan fingerprint density at radius 3 is 2.94 bits per heavy atom. The molecule has 0 bridgehead atoms. The van der Waals surface area contributed by atoms with E-state index >= 15 is 0 Å². The van der Waals surface area contributed by atoms with Crippen LogP contribution in [0.1, 0.15) is 26.2 Å². The number of aromatic amines is 1. The van der Waals surface area contributed by atoms with Gasteiger partial charge < -0.3 is 5.32 Å². The highest BCUT2D eigenvalue weighted by Gasteiger charge is 2.29. The summed E-state index contributed by atoms with van der Waals surface area (Å²) in [5, 5.41) is 14.4. The summed E-state index contributed by atoms with van der Waals surface area (Å²) in [6.45, 7) is 2.24. The van der Waals surface area contributed by atoms with E-state index in [0.29, 0.717) is 6.04 Å². The van der Waals surface area contributed by atoms with Crippen LogP contribution in [-0.2, 0) is 0 Å². The smallest absolute Gasteiger partial charge is 0.115 e. The molecule has 16 heavy (non-hydrogen) atoms. The van der Waals surface area contributed by atoms with Gasteiger partial charge >= 0.3 is 0 Å². The van der Waals surface area contributed by atoms with Crippen LogP contribution in [0.25, 0.3) is 11.0 Å². The number of fused-ring (bicyclic) bond motifs is 1. The van der Waals surface area contributed by atoms with Crippen molar-refractivity contribution in [2.24, 2.45) is 5.92 Å². The van der Waals surface area contributed by atoms with Gasteiger partial charge in [0, 0.05) is 11.7 Å². The van der Waals surface area contributed by atoms with E-state index in [1.165, 1.54) is 19.3 Å². The van der Waals surface area contributed by atoms with Crippen molar-refractivity contribution in [3.63, 3.8) is 0 Å². The fourth-order valence-corrected chi connectivity index (χ4v) is 2.20. The first-order valence-electron chi connectivity index (χ1n) is 5.94. The van der Waals surface area contributed by atoms with Gasteiger partial charge in [-0.15, -0.1) is 0 Å². The number of anilines is 1. The second-order valence-electron chi connectivity index (χ2n) is 4.52. The maximum atomic E-state index is 4.10. The Morgan fingerprint density at radius 1 is 1.38 bits per heavy atom. The molecule has 0 aliphatic heterocycles. The number of hydrogen-bond acceptors (Lipinski definition) is 3. The SMILES string of the molecule is CCC(Nc1ccc2n[nH]nc2c1)C1CC1. The van der Waals surface area contributed by atoms with Crippen LogP contribution in [0.2, 0.25) is 0 Å². The molecule has 0 spiro atoms. The molecule has 4 heteroatoms. The van der Waals surface area contributed by atoms with E-state index in [4.69, 9.17) is 0 Å². The molecule has 1 aliphatic rings. The van der Waals surface area contributed by atoms with Crippen LogP contribution in [0.3, 0.4) is 0 Å². The van der Waals surface area contributed by atoms with E-state index in [1.807, 2.05) is 6.07 Å². The van der Waals surface area contributed by atoms with Crippen LogP contribution in [0, 0.1) is 5.92 Å². The van der Waals surface area contributed by atoms with Crippen molar-refractivity contribution in [2.45, 2.75) is 32.2 Å². The third-order valence-corrected chi connectivity index (χ3v) is 3.30. The van der Waals surface area contributed by atoms with Gasteiger partial charge in [0.2, 0.25) is 0 Å². The molecule has 1 heterocycles. The minimum Gasteiger partial charge on any atom is -0.382 e. The van der Waals surface area contributed by atoms with Crippen LogP contribution < -0.4 is 5.32 Å². The molecule has 1 aromatic heterocycles. The Morgan fingerprint density at radius 2 is 2.19 bits per heavy atom. The van der Waals surface area contributed by atoms with Crippen LogP contribution in [-0.4, -0.2) is 21.5 Å². The van der Waals surface area contributed by atoms with Gasteiger partial charge in [0.1, 0.15) is 11.0 Å². The van der Waals surface area contributed by atoms with Crippen molar-refractivity contribution in [2.75, 3.05) is 5.32 Å². The lowest BCUT2D eigenvalue weighted by Gasteiger charge is -2.17. The molecule has 2 N–H and O–H groups in total. The molecular weight excluding hydrogens is 200 g/mol. The lowest BCUT2D eigenvalue weighted by molar-refractivity contribution is 0.617. The van der Waals surface area contributed by atoms with Crippen LogP contribution >= 0.6 is 0 Å². The Balaban J connectivity index is 1.81. The van der Waals surface area contributed by atoms with E-state index in [2.05, 4.69) is 39.8 Å². The second-order valence-corrected chi connectivity index (χ2v) is 4.52. The average molecular weight is 216 g/mol. The lowest BCUT2D eigenvalue weighted by Crippen LogP contribution is -2.20. The molecule has 0 saturated heterocycles. The molecule has 2 aromatic rings. The van der Waals surface area contributed by atoms with Gasteiger partial charge in [0.05, 0.1) is 0 Å². The largest absolute Gasteiger partial charge is 0.382 e. The van der Waals surface area contributed by atoms with Crippen LogP contribution in [0.15, 0.2) is 18.2 Å². The van der Waals surface area contributed by atoms with Gasteiger partial charge in [-0.25, -0.2) is 0 Å². The normalized spacial score (nSPS) is 17.6. The predicted molar refractivity (Wildman–Crippen MR) is 64.3 cm³/mol. The Labute approximate surface area is 94.4 Å². The highest BCUT2D eigenvalue weighted by atomic mass is 15.3. The predicted octanol–water partition coefficient (Wildman–Crippen LogP) is 2.56. The average Bonchev–Trinajstić information content (AvgIpc) is 3.04. The third-order valence-electron chi connectivity index (χ3n) is 3.30. The number of nitrogens with zero attached hydrogens (tertiary/aromatic N) is 2. The molecule has 4 nitrogen and oxygen atoms in total. The number of benzene rings is 1. The zero-order chi connectivity index (χ0) is 11.0. The monoisotopic (exact) mass is 216 g/mol. The first kappa shape index (κ1) is 9.63. The molecule has 3 rings (SSSR count). The molecular formula is C12H16N4. The van der Waals surface area contributed by atoms with Gasteiger partial charge in [0.15, 0.2) is 0 Å². The summed E-state index contributed by atoms with van der Waals surface area (Å²) in [6, 6.07) is 6.75. The topological polar surface area (TPSA) is 53.6 Å². The van der Waals surface area contributed by atoms with Crippen molar-refractivity contribution in [1.82, 2.24) is 15.4 Å². The fraction of sp³-hybridized carbons (Fsp3) is 0.500. The zero-order valence-electron chi connectivity index (χ0n) is 9.40. The molecule has 84 valence electrons. The molecule has 1 unspecified atom stereocenters. The fourth-order valence-electron chi connectivity index (χ4n) is 2.20. The summed E-state index contributed by atoms with van der Waals surface area (Å²) in [6.07, 6.45) is 3.93. The first-order valence-corrected chi connectivity index (χ1v) is 5.94. The number of nitrogens with one attached hydrogen (secondary N) is 2. The molecule has 1 fully saturated rings. The van der Waals surface area contributed by atoms with Crippen molar-refractivity contribution in [1.29, 1.82) is 0 Å². The number of aromatic nitrogens is 3. The highest BCUT2D eigenvalue weighted by molar-refractivity contribution is 5.77. The highest BCUT2D eigenvalue weighted by Crippen LogP contribution is 2.35. The lowest BCUT2D eigenvalue weighted by atomic mass is 10.1. The molecule has 1 aliphatic carbocycles. The summed E-state index contributed by atoms with van der Waals surface area (Å²) in [7, 11) is 0. The molecule has 0 amide bonds. The molecule has 1 atom stereocenters. The van der Waals surface area contributed by atoms with Crippen molar-refractivity contribution < 1.29 is 0 Å². The molecule has 0 radical (unpaired) electrons. The summed E-state index contributed by atoms with van der Waals surface area (Å²) in [5.41, 5.74) is 3.00. The van der Waals surface area contributed by atoms with Crippen LogP contribution in [0.4, 0.5) is 5.69 Å². The van der Waals surface area contributed by atoms with E-state index in [0.717, 1.165) is 22.6 Å². The van der Waals surface area contributed by atoms with E-state index in [-0.39, 0.29) is 0 Å². The molecule has 1 aromatic carbocycles. The van der Waals surface area contributed by atoms with Crippen molar-refractivity contribution in [3.8, 4) is 0 Å². The van der Waals surface area contributed by atoms with Gasteiger partial charge in [-0.3, -0.25) is 0 Å². The maximum Gasteiger partial charge on any atom is 0.115 e. The number of H-pyrrole nitrogens is 1. The Kier molecular flexibility index (Phi) is 2.27. The van der Waals surface area contributed by atoms with Gasteiger partial charge in [-0.05, 0) is 43.4 Å². The zero-order valence-corrected chi connectivity index (χ0v) is 9.40. The summed E-state index contributed by atoms with van der Waals surface area (Å²) in [5.74, 6) is 0.873. The van der Waals surface area contributed by atoms with Crippen molar-refractivity contribution >= 4 is 16.7 Å². The number of rotatable bonds is 4. The summed E-state index contributed by atoms with van der Waals surface area (Å²) < 4.78 is 0. The van der Waals surface area contributed by atoms with E-state index < -0.39 is 0 Å². The Hall–Kier alpha value is -1.58. The van der Waals surface area contributed by atoms with Crippen molar-refractivity contribution in [3.05, 3.63) is 18.2 Å². The quantitative estimate of drug-likeness (QED) is 0.825. The minimum atomic E-state index is 0.615. The Bertz CT molecular complexity index is 486. The standard InChI is InChI=1S/C12H16N4/c1-2-10(8-3-4-8)13-9-5-6-11-12(7-9)15-16-14-11/h5-8,10,13H,2-4H2,1H3,(H,14,15,16). The van der Waals surface area contributed by atoms with Crippen LogP contribution in [0.5, 0.6) is 0 Å². The van der Waals surface area contributed by atoms with E-state index in [1.54, 1.807) is 0 Å². The van der Waals surface area contributed by atoms with Gasteiger partial charge in [-0.2, -0.15) is 15.4 Å². The van der Waals surface area contributed by atoms with Gasteiger partial charge in [0.25, 0.3) is 0 Å². The minimum absolute atomic E-state index is 0.615. The molecule has 1 saturated carbocycles. The maximum absolute atomic E-state index is 4.10.